The van der Waals surface area contributed by atoms with Crippen LogP contribution >= 0.6 is 0 Å². The normalized spacial score (nSPS) is 11.9. The molecule has 0 bridgehead atoms. The summed E-state index contributed by atoms with van der Waals surface area (Å²) in [5, 5.41) is 9.31. The lowest BCUT2D eigenvalue weighted by atomic mass is 10.2. The molecule has 0 aliphatic rings. The average Bonchev–Trinajstić information content (AvgIpc) is 2.26. The topological polar surface area (TPSA) is 36.4 Å². The van der Waals surface area contributed by atoms with Gasteiger partial charge in [0.25, 0.3) is 0 Å². The monoisotopic (exact) mass is 204 g/mol. The summed E-state index contributed by atoms with van der Waals surface area (Å²) in [5.41, 5.74) is 1.66. The molecule has 0 spiro atoms. The van der Waals surface area contributed by atoms with Crippen LogP contribution in [0.4, 0.5) is 5.69 Å². The summed E-state index contributed by atoms with van der Waals surface area (Å²) < 4.78 is 0. The first-order chi connectivity index (χ1) is 7.19. The van der Waals surface area contributed by atoms with Crippen molar-refractivity contribution in [2.24, 2.45) is 0 Å². The number of aromatic nitrogens is 1. The molecule has 0 aliphatic carbocycles. The highest BCUT2D eigenvalue weighted by molar-refractivity contribution is 5.45. The van der Waals surface area contributed by atoms with Crippen molar-refractivity contribution in [3.05, 3.63) is 24.0 Å². The molecule has 0 aromatic carbocycles. The molecule has 15 heavy (non-hydrogen) atoms. The molecule has 1 rings (SSSR count). The Bertz CT molecular complexity index is 338. The third-order valence-electron chi connectivity index (χ3n) is 2.23. The molecule has 1 unspecified atom stereocenters. The molecule has 0 amide bonds. The van der Waals surface area contributed by atoms with E-state index in [0.717, 1.165) is 12.2 Å². The quantitative estimate of drug-likeness (QED) is 0.757. The first-order valence-electron chi connectivity index (χ1n) is 5.01. The fourth-order valence-corrected chi connectivity index (χ4v) is 1.33. The van der Waals surface area contributed by atoms with Gasteiger partial charge in [-0.05, 0) is 26.0 Å². The SMILES string of the molecule is C#CCN(CC)c1ccc(C(C)O)nc1. The minimum atomic E-state index is -0.526. The molecular weight excluding hydrogens is 188 g/mol. The highest BCUT2D eigenvalue weighted by atomic mass is 16.3. The van der Waals surface area contributed by atoms with Gasteiger partial charge in [-0.3, -0.25) is 4.98 Å². The van der Waals surface area contributed by atoms with Crippen LogP contribution in [-0.2, 0) is 0 Å². The van der Waals surface area contributed by atoms with E-state index in [1.807, 2.05) is 24.0 Å². The van der Waals surface area contributed by atoms with Crippen LogP contribution in [0.3, 0.4) is 0 Å². The van der Waals surface area contributed by atoms with E-state index in [-0.39, 0.29) is 0 Å². The highest BCUT2D eigenvalue weighted by Crippen LogP contribution is 2.15. The maximum absolute atomic E-state index is 9.31. The van der Waals surface area contributed by atoms with Crippen molar-refractivity contribution < 1.29 is 5.11 Å². The van der Waals surface area contributed by atoms with Crippen molar-refractivity contribution in [1.29, 1.82) is 0 Å². The molecule has 0 saturated carbocycles. The largest absolute Gasteiger partial charge is 0.387 e. The molecule has 3 heteroatoms. The first kappa shape index (κ1) is 11.5. The molecule has 80 valence electrons. The van der Waals surface area contributed by atoms with E-state index in [1.54, 1.807) is 13.1 Å². The van der Waals surface area contributed by atoms with Crippen LogP contribution in [0, 0.1) is 12.3 Å². The standard InChI is InChI=1S/C12H16N2O/c1-4-8-14(5-2)11-6-7-12(10(3)15)13-9-11/h1,6-7,9-10,15H,5,8H2,2-3H3. The van der Waals surface area contributed by atoms with Gasteiger partial charge in [0, 0.05) is 6.54 Å². The van der Waals surface area contributed by atoms with E-state index in [0.29, 0.717) is 12.2 Å². The van der Waals surface area contributed by atoms with Crippen molar-refractivity contribution >= 4 is 5.69 Å². The highest BCUT2D eigenvalue weighted by Gasteiger charge is 2.05. The van der Waals surface area contributed by atoms with Crippen molar-refractivity contribution in [2.75, 3.05) is 18.0 Å². The fourth-order valence-electron chi connectivity index (χ4n) is 1.33. The molecule has 0 saturated heterocycles. The smallest absolute Gasteiger partial charge is 0.0931 e. The molecule has 1 N–H and O–H groups in total. The number of terminal acetylenes is 1. The van der Waals surface area contributed by atoms with Crippen molar-refractivity contribution in [2.45, 2.75) is 20.0 Å². The first-order valence-corrected chi connectivity index (χ1v) is 5.01. The van der Waals surface area contributed by atoms with Gasteiger partial charge < -0.3 is 10.0 Å². The number of rotatable bonds is 4. The van der Waals surface area contributed by atoms with E-state index in [9.17, 15) is 5.11 Å². The Morgan fingerprint density at radius 2 is 2.33 bits per heavy atom. The lowest BCUT2D eigenvalue weighted by molar-refractivity contribution is 0.194. The maximum Gasteiger partial charge on any atom is 0.0931 e. The lowest BCUT2D eigenvalue weighted by Crippen LogP contribution is -2.22. The van der Waals surface area contributed by atoms with E-state index in [4.69, 9.17) is 6.42 Å². The maximum atomic E-state index is 9.31. The Morgan fingerprint density at radius 1 is 1.60 bits per heavy atom. The second kappa shape index (κ2) is 5.38. The number of aliphatic hydroxyl groups is 1. The number of aliphatic hydroxyl groups excluding tert-OH is 1. The Morgan fingerprint density at radius 3 is 2.73 bits per heavy atom. The third-order valence-corrected chi connectivity index (χ3v) is 2.23. The Balaban J connectivity index is 2.83. The van der Waals surface area contributed by atoms with E-state index < -0.39 is 6.10 Å². The molecule has 1 heterocycles. The summed E-state index contributed by atoms with van der Waals surface area (Å²) >= 11 is 0. The summed E-state index contributed by atoms with van der Waals surface area (Å²) in [5.74, 6) is 2.60. The van der Waals surface area contributed by atoms with Gasteiger partial charge in [-0.2, -0.15) is 0 Å². The van der Waals surface area contributed by atoms with Crippen molar-refractivity contribution in [1.82, 2.24) is 4.98 Å². The molecule has 1 aromatic heterocycles. The number of pyridine rings is 1. The van der Waals surface area contributed by atoms with Gasteiger partial charge in [-0.1, -0.05) is 5.92 Å². The molecule has 1 atom stereocenters. The minimum Gasteiger partial charge on any atom is -0.387 e. The number of hydrogen-bond acceptors (Lipinski definition) is 3. The lowest BCUT2D eigenvalue weighted by Gasteiger charge is -2.20. The predicted molar refractivity (Wildman–Crippen MR) is 61.6 cm³/mol. The van der Waals surface area contributed by atoms with Gasteiger partial charge >= 0.3 is 0 Å². The molecular formula is C12H16N2O. The van der Waals surface area contributed by atoms with E-state index in [1.165, 1.54) is 0 Å². The van der Waals surface area contributed by atoms with Gasteiger partial charge in [-0.25, -0.2) is 0 Å². The van der Waals surface area contributed by atoms with Gasteiger partial charge in [0.2, 0.25) is 0 Å². The molecule has 0 fully saturated rings. The van der Waals surface area contributed by atoms with E-state index >= 15 is 0 Å². The zero-order valence-corrected chi connectivity index (χ0v) is 9.14. The average molecular weight is 204 g/mol. The predicted octanol–water partition coefficient (Wildman–Crippen LogP) is 1.59. The fraction of sp³-hybridized carbons (Fsp3) is 0.417. The zero-order chi connectivity index (χ0) is 11.3. The van der Waals surface area contributed by atoms with Crippen LogP contribution in [0.1, 0.15) is 25.6 Å². The second-order valence-electron chi connectivity index (χ2n) is 3.34. The summed E-state index contributed by atoms with van der Waals surface area (Å²) in [4.78, 5) is 6.21. The molecule has 0 radical (unpaired) electrons. The summed E-state index contributed by atoms with van der Waals surface area (Å²) in [6, 6.07) is 3.75. The van der Waals surface area contributed by atoms with Crippen molar-refractivity contribution in [3.63, 3.8) is 0 Å². The summed E-state index contributed by atoms with van der Waals surface area (Å²) in [7, 11) is 0. The molecule has 3 nitrogen and oxygen atoms in total. The van der Waals surface area contributed by atoms with Crippen molar-refractivity contribution in [3.8, 4) is 12.3 Å². The molecule has 1 aromatic rings. The Labute approximate surface area is 90.8 Å². The Kier molecular flexibility index (Phi) is 4.14. The van der Waals surface area contributed by atoms with Crippen LogP contribution in [0.2, 0.25) is 0 Å². The van der Waals surface area contributed by atoms with Crippen LogP contribution in [-0.4, -0.2) is 23.2 Å². The van der Waals surface area contributed by atoms with Gasteiger partial charge in [0.05, 0.1) is 30.2 Å². The van der Waals surface area contributed by atoms with Crippen LogP contribution in [0.25, 0.3) is 0 Å². The van der Waals surface area contributed by atoms with Gasteiger partial charge in [0.1, 0.15) is 0 Å². The number of anilines is 1. The minimum absolute atomic E-state index is 0.526. The summed E-state index contributed by atoms with van der Waals surface area (Å²) in [6.45, 7) is 5.16. The summed E-state index contributed by atoms with van der Waals surface area (Å²) in [6.07, 6.45) is 6.48. The second-order valence-corrected chi connectivity index (χ2v) is 3.34. The van der Waals surface area contributed by atoms with Crippen LogP contribution < -0.4 is 4.90 Å². The third kappa shape index (κ3) is 2.97. The van der Waals surface area contributed by atoms with Crippen LogP contribution in [0.15, 0.2) is 18.3 Å². The Hall–Kier alpha value is -1.53. The molecule has 0 aliphatic heterocycles. The number of hydrogen-bond donors (Lipinski definition) is 1. The van der Waals surface area contributed by atoms with Crippen LogP contribution in [0.5, 0.6) is 0 Å². The number of nitrogens with zero attached hydrogens (tertiary/aromatic N) is 2. The van der Waals surface area contributed by atoms with Gasteiger partial charge in [0.15, 0.2) is 0 Å². The zero-order valence-electron chi connectivity index (χ0n) is 9.14. The van der Waals surface area contributed by atoms with Gasteiger partial charge in [-0.15, -0.1) is 6.42 Å². The van der Waals surface area contributed by atoms with E-state index in [2.05, 4.69) is 10.9 Å².